The highest BCUT2D eigenvalue weighted by Gasteiger charge is 2.38. The van der Waals surface area contributed by atoms with Crippen LogP contribution in [0, 0.1) is 0 Å². The quantitative estimate of drug-likeness (QED) is 0.540. The van der Waals surface area contributed by atoms with Crippen LogP contribution in [0.15, 0.2) is 16.0 Å². The molecule has 8 nitrogen and oxygen atoms in total. The van der Waals surface area contributed by atoms with Crippen molar-refractivity contribution < 1.29 is 13.2 Å². The molecule has 0 aromatic carbocycles. The van der Waals surface area contributed by atoms with Gasteiger partial charge in [0.1, 0.15) is 5.01 Å². The summed E-state index contributed by atoms with van der Waals surface area (Å²) in [6, 6.07) is 1.28. The van der Waals surface area contributed by atoms with Gasteiger partial charge in [-0.3, -0.25) is 4.79 Å². The first kappa shape index (κ1) is 16.7. The van der Waals surface area contributed by atoms with Crippen molar-refractivity contribution in [2.75, 3.05) is 5.84 Å². The molecular formula is C11H10F3N7OS2. The van der Waals surface area contributed by atoms with Gasteiger partial charge in [0, 0.05) is 11.8 Å². The molecule has 0 aliphatic heterocycles. The van der Waals surface area contributed by atoms with Crippen LogP contribution >= 0.6 is 23.1 Å². The van der Waals surface area contributed by atoms with Crippen molar-refractivity contribution in [3.05, 3.63) is 32.9 Å². The van der Waals surface area contributed by atoms with Crippen LogP contribution in [0.5, 0.6) is 0 Å². The van der Waals surface area contributed by atoms with Crippen LogP contribution in [0.4, 0.5) is 13.2 Å². The summed E-state index contributed by atoms with van der Waals surface area (Å²) >= 11 is 2.19. The van der Waals surface area contributed by atoms with E-state index in [0.717, 1.165) is 16.8 Å². The lowest BCUT2D eigenvalue weighted by Crippen LogP contribution is -2.21. The molecule has 3 aromatic rings. The summed E-state index contributed by atoms with van der Waals surface area (Å²) in [5, 5.41) is 11.2. The molecule has 0 fully saturated rings. The van der Waals surface area contributed by atoms with E-state index in [-0.39, 0.29) is 16.5 Å². The summed E-state index contributed by atoms with van der Waals surface area (Å²) in [6.45, 7) is 1.91. The molecule has 128 valence electrons. The molecule has 13 heteroatoms. The minimum absolute atomic E-state index is 0.122. The van der Waals surface area contributed by atoms with Gasteiger partial charge in [-0.1, -0.05) is 30.0 Å². The number of nitrogens with two attached hydrogens (primary N) is 1. The van der Waals surface area contributed by atoms with Crippen LogP contribution < -0.4 is 11.4 Å². The Morgan fingerprint density at radius 2 is 2.12 bits per heavy atom. The number of thioether (sulfide) groups is 1. The number of alkyl halides is 3. The van der Waals surface area contributed by atoms with Gasteiger partial charge in [0.05, 0.1) is 5.69 Å². The number of hydrogen-bond acceptors (Lipinski definition) is 8. The molecule has 0 spiro atoms. The van der Waals surface area contributed by atoms with E-state index in [1.807, 2.05) is 6.92 Å². The van der Waals surface area contributed by atoms with Crippen molar-refractivity contribution in [2.24, 2.45) is 0 Å². The Hall–Kier alpha value is -2.15. The average molecular weight is 377 g/mol. The van der Waals surface area contributed by atoms with Crippen molar-refractivity contribution >= 4 is 28.1 Å². The Bertz CT molecular complexity index is 945. The zero-order valence-corrected chi connectivity index (χ0v) is 13.7. The first-order chi connectivity index (χ1) is 11.3. The van der Waals surface area contributed by atoms with Gasteiger partial charge in [-0.15, -0.1) is 10.2 Å². The van der Waals surface area contributed by atoms with Crippen LogP contribution in [-0.2, 0) is 18.3 Å². The fraction of sp³-hybridized carbons (Fsp3) is 0.364. The number of nitrogens with zero attached hydrogens (tertiary/aromatic N) is 6. The van der Waals surface area contributed by atoms with Crippen LogP contribution in [0.2, 0.25) is 0 Å². The largest absolute Gasteiger partial charge is 0.453 e. The maximum Gasteiger partial charge on any atom is 0.453 e. The smallest absolute Gasteiger partial charge is 0.335 e. The van der Waals surface area contributed by atoms with Crippen molar-refractivity contribution in [2.45, 2.75) is 30.4 Å². The Labute approximate surface area is 140 Å². The summed E-state index contributed by atoms with van der Waals surface area (Å²) in [5.74, 6) is 4.19. The zero-order chi connectivity index (χ0) is 17.5. The molecule has 0 saturated heterocycles. The minimum atomic E-state index is -4.68. The monoisotopic (exact) mass is 377 g/mol. The van der Waals surface area contributed by atoms with E-state index in [0.29, 0.717) is 21.8 Å². The van der Waals surface area contributed by atoms with Gasteiger partial charge in [0.25, 0.3) is 11.4 Å². The molecule has 3 heterocycles. The third-order valence-electron chi connectivity index (χ3n) is 2.91. The van der Waals surface area contributed by atoms with Gasteiger partial charge in [-0.25, -0.2) is 9.66 Å². The minimum Gasteiger partial charge on any atom is -0.335 e. The average Bonchev–Trinajstić information content (AvgIpc) is 3.08. The second-order valence-electron chi connectivity index (χ2n) is 4.59. The van der Waals surface area contributed by atoms with E-state index in [1.54, 1.807) is 0 Å². The van der Waals surface area contributed by atoms with Gasteiger partial charge in [0.2, 0.25) is 10.1 Å². The second kappa shape index (κ2) is 6.05. The number of fused-ring (bicyclic) bond motifs is 1. The van der Waals surface area contributed by atoms with Crippen LogP contribution in [-0.4, -0.2) is 29.5 Å². The number of rotatable bonds is 4. The molecule has 3 rings (SSSR count). The lowest BCUT2D eigenvalue weighted by molar-refractivity contribution is -0.146. The molecule has 0 saturated carbocycles. The maximum atomic E-state index is 12.6. The lowest BCUT2D eigenvalue weighted by Gasteiger charge is -2.05. The van der Waals surface area contributed by atoms with E-state index >= 15 is 0 Å². The summed E-state index contributed by atoms with van der Waals surface area (Å²) in [5.41, 5.74) is 0.0459. The van der Waals surface area contributed by atoms with E-state index in [2.05, 4.69) is 20.3 Å². The molecule has 0 bridgehead atoms. The Balaban J connectivity index is 1.84. The predicted molar refractivity (Wildman–Crippen MR) is 81.2 cm³/mol. The third-order valence-corrected chi connectivity index (χ3v) is 4.94. The highest BCUT2D eigenvalue weighted by molar-refractivity contribution is 7.98. The standard InChI is InChI=1S/C11H10F3N7OS2/c1-2-6-19-21-7(22)3-5(16-9(21)24-6)4-23-10-18-17-8(20(10)15)11(12,13)14/h3H,2,4,15H2,1H3. The Morgan fingerprint density at radius 3 is 2.75 bits per heavy atom. The fourth-order valence-corrected chi connectivity index (χ4v) is 3.43. The van der Waals surface area contributed by atoms with Crippen molar-refractivity contribution in [1.82, 2.24) is 29.5 Å². The van der Waals surface area contributed by atoms with E-state index in [9.17, 15) is 18.0 Å². The van der Waals surface area contributed by atoms with Gasteiger partial charge in [-0.2, -0.15) is 22.8 Å². The molecule has 0 aliphatic rings. The van der Waals surface area contributed by atoms with Crippen LogP contribution in [0.3, 0.4) is 0 Å². The topological polar surface area (TPSA) is 104 Å². The highest BCUT2D eigenvalue weighted by Crippen LogP contribution is 2.29. The maximum absolute atomic E-state index is 12.6. The molecule has 0 radical (unpaired) electrons. The molecular weight excluding hydrogens is 367 g/mol. The molecule has 0 aliphatic carbocycles. The van der Waals surface area contributed by atoms with Gasteiger partial charge >= 0.3 is 6.18 Å². The molecule has 24 heavy (non-hydrogen) atoms. The first-order valence-electron chi connectivity index (χ1n) is 6.58. The number of hydrogen-bond donors (Lipinski definition) is 1. The summed E-state index contributed by atoms with van der Waals surface area (Å²) < 4.78 is 39.4. The first-order valence-corrected chi connectivity index (χ1v) is 8.39. The number of halogens is 3. The molecule has 0 amide bonds. The van der Waals surface area contributed by atoms with E-state index in [4.69, 9.17) is 5.84 Å². The van der Waals surface area contributed by atoms with Crippen molar-refractivity contribution in [3.8, 4) is 0 Å². The number of aryl methyl sites for hydroxylation is 1. The Kier molecular flexibility index (Phi) is 4.21. The van der Waals surface area contributed by atoms with E-state index < -0.39 is 12.0 Å². The fourth-order valence-electron chi connectivity index (χ4n) is 1.82. The summed E-state index contributed by atoms with van der Waals surface area (Å²) in [7, 11) is 0. The SMILES string of the molecule is CCc1nn2c(=O)cc(CSc3nnc(C(F)(F)F)n3N)nc2s1. The van der Waals surface area contributed by atoms with Crippen LogP contribution in [0.1, 0.15) is 23.4 Å². The molecule has 0 atom stereocenters. The van der Waals surface area contributed by atoms with E-state index in [1.165, 1.54) is 21.9 Å². The van der Waals surface area contributed by atoms with Crippen LogP contribution in [0.25, 0.3) is 4.96 Å². The normalized spacial score (nSPS) is 12.2. The summed E-state index contributed by atoms with van der Waals surface area (Å²) in [6.07, 6.45) is -4.01. The molecule has 2 N–H and O–H groups in total. The number of aromatic nitrogens is 6. The van der Waals surface area contributed by atoms with Gasteiger partial charge in [-0.05, 0) is 6.42 Å². The summed E-state index contributed by atoms with van der Waals surface area (Å²) in [4.78, 5) is 16.7. The molecule has 0 unspecified atom stereocenters. The van der Waals surface area contributed by atoms with Gasteiger partial charge in [0.15, 0.2) is 0 Å². The van der Waals surface area contributed by atoms with Crippen molar-refractivity contribution in [1.29, 1.82) is 0 Å². The second-order valence-corrected chi connectivity index (χ2v) is 6.58. The lowest BCUT2D eigenvalue weighted by atomic mass is 10.4. The highest BCUT2D eigenvalue weighted by atomic mass is 32.2. The number of nitrogen functional groups attached to an aromatic ring is 1. The molecule has 3 aromatic heterocycles. The van der Waals surface area contributed by atoms with Gasteiger partial charge < -0.3 is 5.84 Å². The predicted octanol–water partition coefficient (Wildman–Crippen LogP) is 1.33. The van der Waals surface area contributed by atoms with Crippen molar-refractivity contribution in [3.63, 3.8) is 0 Å². The Morgan fingerprint density at radius 1 is 1.38 bits per heavy atom. The zero-order valence-electron chi connectivity index (χ0n) is 12.1. The third kappa shape index (κ3) is 3.08.